The van der Waals surface area contributed by atoms with Crippen molar-refractivity contribution in [1.82, 2.24) is 0 Å². The van der Waals surface area contributed by atoms with Gasteiger partial charge in [-0.15, -0.1) is 0 Å². The third-order valence-electron chi connectivity index (χ3n) is 2.90. The van der Waals surface area contributed by atoms with E-state index in [9.17, 15) is 9.35 Å². The Hall–Kier alpha value is -0.640. The zero-order valence-corrected chi connectivity index (χ0v) is 17.2. The van der Waals surface area contributed by atoms with Crippen LogP contribution in [0.2, 0.25) is 0 Å². The number of carbonyl (C=O) groups is 1. The molecule has 1 atom stereocenters. The number of hydrogen-bond acceptors (Lipinski definition) is 2. The Morgan fingerprint density at radius 2 is 1.39 bits per heavy atom. The standard InChI is InChI=1S/C18H14I2O2S/c19-16-6-1-14(2-7-16)5-10-18(21)13-23(22)12-11-15-3-8-17(20)9-4-15/h1-12H,13H2/b10-5+,12-11+. The van der Waals surface area contributed by atoms with Gasteiger partial charge < -0.3 is 4.55 Å². The number of hydrogen-bond donors (Lipinski definition) is 0. The van der Waals surface area contributed by atoms with Gasteiger partial charge in [0.1, 0.15) is 5.41 Å². The van der Waals surface area contributed by atoms with Gasteiger partial charge in [0.25, 0.3) is 0 Å². The van der Waals surface area contributed by atoms with E-state index in [1.54, 1.807) is 17.6 Å². The lowest BCUT2D eigenvalue weighted by Crippen LogP contribution is -2.11. The van der Waals surface area contributed by atoms with Crippen LogP contribution >= 0.6 is 45.2 Å². The van der Waals surface area contributed by atoms with Crippen molar-refractivity contribution in [2.45, 2.75) is 0 Å². The first-order chi connectivity index (χ1) is 11.0. The van der Waals surface area contributed by atoms with E-state index >= 15 is 0 Å². The Kier molecular flexibility index (Phi) is 7.81. The maximum absolute atomic E-state index is 11.9. The molecule has 0 saturated carbocycles. The van der Waals surface area contributed by atoms with Crippen LogP contribution in [0.4, 0.5) is 0 Å². The molecule has 0 spiro atoms. The predicted octanol–water partition coefficient (Wildman–Crippen LogP) is 4.90. The van der Waals surface area contributed by atoms with E-state index in [0.717, 1.165) is 18.3 Å². The molecular weight excluding hydrogens is 534 g/mol. The summed E-state index contributed by atoms with van der Waals surface area (Å²) in [7, 11) is 0. The first-order valence-electron chi connectivity index (χ1n) is 6.80. The van der Waals surface area contributed by atoms with E-state index in [-0.39, 0.29) is 11.5 Å². The molecule has 23 heavy (non-hydrogen) atoms. The number of allylic oxidation sites excluding steroid dienone is 1. The predicted molar refractivity (Wildman–Crippen MR) is 114 cm³/mol. The molecule has 0 radical (unpaired) electrons. The molecule has 5 heteroatoms. The van der Waals surface area contributed by atoms with E-state index < -0.39 is 11.2 Å². The Labute approximate surface area is 166 Å². The first-order valence-corrected chi connectivity index (χ1v) is 10.3. The average Bonchev–Trinajstić information content (AvgIpc) is 2.54. The summed E-state index contributed by atoms with van der Waals surface area (Å²) in [6.45, 7) is 0. The van der Waals surface area contributed by atoms with Crippen LogP contribution in [0.25, 0.3) is 12.2 Å². The smallest absolute Gasteiger partial charge is 0.205 e. The number of benzene rings is 2. The van der Waals surface area contributed by atoms with Gasteiger partial charge in [-0.05, 0) is 104 Å². The van der Waals surface area contributed by atoms with Crippen LogP contribution in [0, 0.1) is 7.14 Å². The van der Waals surface area contributed by atoms with Gasteiger partial charge in [0.15, 0.2) is 5.75 Å². The summed E-state index contributed by atoms with van der Waals surface area (Å²) in [6, 6.07) is 15.7. The third kappa shape index (κ3) is 7.19. The highest BCUT2D eigenvalue weighted by Gasteiger charge is 2.07. The van der Waals surface area contributed by atoms with Crippen LogP contribution in [0.1, 0.15) is 11.1 Å². The van der Waals surface area contributed by atoms with Crippen molar-refractivity contribution in [3.8, 4) is 0 Å². The fourth-order valence-corrected chi connectivity index (χ4v) is 3.23. The molecule has 118 valence electrons. The lowest BCUT2D eigenvalue weighted by molar-refractivity contribution is -0.112. The number of ketones is 1. The Bertz CT molecular complexity index is 707. The van der Waals surface area contributed by atoms with Crippen molar-refractivity contribution < 1.29 is 9.35 Å². The number of carbonyl (C=O) groups excluding carboxylic acids is 1. The summed E-state index contributed by atoms with van der Waals surface area (Å²) in [5.41, 5.74) is 1.93. The maximum atomic E-state index is 11.9. The van der Waals surface area contributed by atoms with Gasteiger partial charge >= 0.3 is 0 Å². The monoisotopic (exact) mass is 548 g/mol. The molecule has 0 saturated heterocycles. The molecule has 2 aromatic carbocycles. The summed E-state index contributed by atoms with van der Waals surface area (Å²) in [5.74, 6) is -0.143. The van der Waals surface area contributed by atoms with Gasteiger partial charge in [-0.25, -0.2) is 0 Å². The SMILES string of the molecule is O=C(/C=C/c1ccc(I)cc1)C[S+]([O-])/C=C/c1ccc(I)cc1. The van der Waals surface area contributed by atoms with Crippen molar-refractivity contribution in [2.75, 3.05) is 5.75 Å². The van der Waals surface area contributed by atoms with Crippen molar-refractivity contribution in [3.63, 3.8) is 0 Å². The quantitative estimate of drug-likeness (QED) is 0.293. The molecule has 0 fully saturated rings. The third-order valence-corrected chi connectivity index (χ3v) is 5.35. The minimum Gasteiger partial charge on any atom is -0.612 e. The Balaban J connectivity index is 1.86. The van der Waals surface area contributed by atoms with E-state index in [2.05, 4.69) is 45.2 Å². The lowest BCUT2D eigenvalue weighted by atomic mass is 10.2. The summed E-state index contributed by atoms with van der Waals surface area (Å²) < 4.78 is 14.2. The minimum atomic E-state index is -1.30. The van der Waals surface area contributed by atoms with E-state index in [4.69, 9.17) is 0 Å². The van der Waals surface area contributed by atoms with E-state index in [0.29, 0.717) is 0 Å². The van der Waals surface area contributed by atoms with Crippen molar-refractivity contribution in [3.05, 3.63) is 78.3 Å². The highest BCUT2D eigenvalue weighted by atomic mass is 127. The van der Waals surface area contributed by atoms with Crippen LogP contribution in [0.3, 0.4) is 0 Å². The van der Waals surface area contributed by atoms with Crippen molar-refractivity contribution >= 4 is 74.3 Å². The molecular formula is C18H14I2O2S. The molecule has 0 aliphatic carbocycles. The summed E-state index contributed by atoms with van der Waals surface area (Å²) >= 11 is 3.16. The molecule has 0 N–H and O–H groups in total. The Morgan fingerprint density at radius 1 is 0.913 bits per heavy atom. The van der Waals surface area contributed by atoms with E-state index in [1.165, 1.54) is 6.08 Å². The lowest BCUT2D eigenvalue weighted by Gasteiger charge is -2.02. The summed E-state index contributed by atoms with van der Waals surface area (Å²) in [5, 5.41) is 1.57. The molecule has 2 nitrogen and oxygen atoms in total. The highest BCUT2D eigenvalue weighted by molar-refractivity contribution is 14.1. The zero-order valence-electron chi connectivity index (χ0n) is 12.1. The van der Waals surface area contributed by atoms with Crippen LogP contribution in [-0.4, -0.2) is 16.1 Å². The van der Waals surface area contributed by atoms with Crippen LogP contribution in [0.5, 0.6) is 0 Å². The molecule has 0 bridgehead atoms. The summed E-state index contributed by atoms with van der Waals surface area (Å²) in [6.07, 6.45) is 5.01. The molecule has 2 aromatic rings. The van der Waals surface area contributed by atoms with Crippen LogP contribution < -0.4 is 0 Å². The molecule has 2 rings (SSSR count). The van der Waals surface area contributed by atoms with Gasteiger partial charge in [-0.1, -0.05) is 30.3 Å². The van der Waals surface area contributed by atoms with Crippen LogP contribution in [0.15, 0.2) is 60.0 Å². The molecule has 1 unspecified atom stereocenters. The fourth-order valence-electron chi connectivity index (χ4n) is 1.73. The summed E-state index contributed by atoms with van der Waals surface area (Å²) in [4.78, 5) is 11.8. The largest absolute Gasteiger partial charge is 0.612 e. The zero-order chi connectivity index (χ0) is 16.7. The number of rotatable bonds is 6. The minimum absolute atomic E-state index is 0.00172. The highest BCUT2D eigenvalue weighted by Crippen LogP contribution is 2.10. The molecule has 0 heterocycles. The second-order valence-corrected chi connectivity index (χ2v) is 8.54. The Morgan fingerprint density at radius 3 is 1.91 bits per heavy atom. The molecule has 0 aromatic heterocycles. The van der Waals surface area contributed by atoms with Crippen molar-refractivity contribution in [1.29, 1.82) is 0 Å². The molecule has 0 amide bonds. The molecule has 0 aliphatic rings. The average molecular weight is 548 g/mol. The van der Waals surface area contributed by atoms with Gasteiger partial charge in [0.05, 0.1) is 0 Å². The second kappa shape index (κ2) is 9.61. The molecule has 0 aliphatic heterocycles. The normalized spacial score (nSPS) is 12.8. The van der Waals surface area contributed by atoms with E-state index in [1.807, 2.05) is 48.5 Å². The number of halogens is 2. The first kappa shape index (κ1) is 18.7. The van der Waals surface area contributed by atoms with Gasteiger partial charge in [-0.2, -0.15) is 0 Å². The topological polar surface area (TPSA) is 40.1 Å². The fraction of sp³-hybridized carbons (Fsp3) is 0.0556. The second-order valence-electron chi connectivity index (χ2n) is 4.73. The van der Waals surface area contributed by atoms with Crippen LogP contribution in [-0.2, 0) is 16.0 Å². The van der Waals surface area contributed by atoms with Gasteiger partial charge in [0, 0.05) is 7.14 Å². The van der Waals surface area contributed by atoms with Gasteiger partial charge in [0.2, 0.25) is 5.78 Å². The maximum Gasteiger partial charge on any atom is 0.205 e. The van der Waals surface area contributed by atoms with Gasteiger partial charge in [-0.3, -0.25) is 4.79 Å². The van der Waals surface area contributed by atoms with Crippen molar-refractivity contribution in [2.24, 2.45) is 0 Å².